The molecule has 0 aliphatic heterocycles. The van der Waals surface area contributed by atoms with E-state index in [-0.39, 0.29) is 0 Å². The third kappa shape index (κ3) is 6.09. The second-order valence-corrected chi connectivity index (χ2v) is 3.56. The summed E-state index contributed by atoms with van der Waals surface area (Å²) >= 11 is 1.97. The molecule has 0 N–H and O–H groups in total. The molecule has 0 aliphatic rings. The van der Waals surface area contributed by atoms with Crippen LogP contribution in [-0.2, 0) is 0 Å². The summed E-state index contributed by atoms with van der Waals surface area (Å²) in [5.74, 6) is 1.16. The van der Waals surface area contributed by atoms with Crippen molar-refractivity contribution in [2.24, 2.45) is 0 Å². The van der Waals surface area contributed by atoms with E-state index in [9.17, 15) is 0 Å². The van der Waals surface area contributed by atoms with Gasteiger partial charge in [-0.1, -0.05) is 26.0 Å². The van der Waals surface area contributed by atoms with Crippen molar-refractivity contribution in [3.8, 4) is 0 Å². The standard InChI is InChI=1S/C7H14S/c1-4-5-6-8-7(2)3/h4-5,7H,6H2,1-3H3/b5-4+. The van der Waals surface area contributed by atoms with E-state index < -0.39 is 0 Å². The van der Waals surface area contributed by atoms with E-state index in [2.05, 4.69) is 32.9 Å². The second kappa shape index (κ2) is 5.23. The zero-order valence-electron chi connectivity index (χ0n) is 5.85. The first-order chi connectivity index (χ1) is 3.77. The van der Waals surface area contributed by atoms with E-state index in [1.54, 1.807) is 0 Å². The summed E-state index contributed by atoms with van der Waals surface area (Å²) in [6.07, 6.45) is 4.28. The molecular formula is C7H14S. The Bertz CT molecular complexity index is 64.8. The van der Waals surface area contributed by atoms with Crippen LogP contribution in [0, 0.1) is 0 Å². The van der Waals surface area contributed by atoms with E-state index >= 15 is 0 Å². The maximum atomic E-state index is 2.22. The number of rotatable bonds is 3. The van der Waals surface area contributed by atoms with Crippen LogP contribution < -0.4 is 0 Å². The zero-order chi connectivity index (χ0) is 6.41. The van der Waals surface area contributed by atoms with Crippen molar-refractivity contribution < 1.29 is 0 Å². The minimum atomic E-state index is 0.770. The Hall–Kier alpha value is 0.0900. The Morgan fingerprint density at radius 2 is 2.12 bits per heavy atom. The predicted octanol–water partition coefficient (Wildman–Crippen LogP) is 2.70. The van der Waals surface area contributed by atoms with E-state index in [4.69, 9.17) is 0 Å². The van der Waals surface area contributed by atoms with Gasteiger partial charge >= 0.3 is 0 Å². The van der Waals surface area contributed by atoms with Crippen LogP contribution in [0.3, 0.4) is 0 Å². The molecule has 0 amide bonds. The van der Waals surface area contributed by atoms with Gasteiger partial charge in [0, 0.05) is 5.75 Å². The topological polar surface area (TPSA) is 0 Å². The van der Waals surface area contributed by atoms with Gasteiger partial charge in [-0.25, -0.2) is 0 Å². The molecule has 0 saturated carbocycles. The molecule has 48 valence electrons. The molecule has 0 nitrogen and oxygen atoms in total. The van der Waals surface area contributed by atoms with Gasteiger partial charge in [-0.15, -0.1) is 0 Å². The van der Waals surface area contributed by atoms with Crippen molar-refractivity contribution in [3.63, 3.8) is 0 Å². The molecule has 0 bridgehead atoms. The highest BCUT2D eigenvalue weighted by Crippen LogP contribution is 2.07. The molecule has 0 rings (SSSR count). The second-order valence-electron chi connectivity index (χ2n) is 1.95. The average molecular weight is 130 g/mol. The highest BCUT2D eigenvalue weighted by molar-refractivity contribution is 7.99. The van der Waals surface area contributed by atoms with Gasteiger partial charge < -0.3 is 0 Å². The molecule has 0 radical (unpaired) electrons. The van der Waals surface area contributed by atoms with Crippen LogP contribution in [0.4, 0.5) is 0 Å². The number of thioether (sulfide) groups is 1. The molecule has 0 heterocycles. The quantitative estimate of drug-likeness (QED) is 0.529. The zero-order valence-corrected chi connectivity index (χ0v) is 6.66. The molecule has 0 aliphatic carbocycles. The van der Waals surface area contributed by atoms with Crippen molar-refractivity contribution >= 4 is 11.8 Å². The minimum absolute atomic E-state index is 0.770. The summed E-state index contributed by atoms with van der Waals surface area (Å²) < 4.78 is 0. The summed E-state index contributed by atoms with van der Waals surface area (Å²) in [6, 6.07) is 0. The average Bonchev–Trinajstić information content (AvgIpc) is 1.66. The van der Waals surface area contributed by atoms with Gasteiger partial charge in [-0.3, -0.25) is 0 Å². The molecule has 0 atom stereocenters. The molecule has 0 saturated heterocycles. The van der Waals surface area contributed by atoms with E-state index in [1.165, 1.54) is 0 Å². The van der Waals surface area contributed by atoms with Gasteiger partial charge in [-0.05, 0) is 12.2 Å². The van der Waals surface area contributed by atoms with E-state index in [1.807, 2.05) is 11.8 Å². The summed E-state index contributed by atoms with van der Waals surface area (Å²) in [7, 11) is 0. The number of allylic oxidation sites excluding steroid dienone is 1. The van der Waals surface area contributed by atoms with E-state index in [0.717, 1.165) is 11.0 Å². The van der Waals surface area contributed by atoms with Gasteiger partial charge in [0.05, 0.1) is 0 Å². The van der Waals surface area contributed by atoms with Crippen LogP contribution in [0.5, 0.6) is 0 Å². The highest BCUT2D eigenvalue weighted by Gasteiger charge is 1.87. The fourth-order valence-corrected chi connectivity index (χ4v) is 1.03. The summed E-state index contributed by atoms with van der Waals surface area (Å²) in [4.78, 5) is 0. The van der Waals surface area contributed by atoms with Crippen LogP contribution in [-0.4, -0.2) is 11.0 Å². The normalized spacial score (nSPS) is 11.5. The Balaban J connectivity index is 2.93. The van der Waals surface area contributed by atoms with Crippen LogP contribution >= 0.6 is 11.8 Å². The maximum Gasteiger partial charge on any atom is 0.0115 e. The van der Waals surface area contributed by atoms with Gasteiger partial charge in [0.2, 0.25) is 0 Å². The Labute approximate surface area is 56.4 Å². The Morgan fingerprint density at radius 3 is 2.50 bits per heavy atom. The maximum absolute atomic E-state index is 2.22. The minimum Gasteiger partial charge on any atom is -0.155 e. The lowest BCUT2D eigenvalue weighted by Crippen LogP contribution is -1.85. The number of hydrogen-bond acceptors (Lipinski definition) is 1. The lowest BCUT2D eigenvalue weighted by molar-refractivity contribution is 1.11. The monoisotopic (exact) mass is 130 g/mol. The predicted molar refractivity (Wildman–Crippen MR) is 42.4 cm³/mol. The lowest BCUT2D eigenvalue weighted by atomic mass is 10.6. The van der Waals surface area contributed by atoms with Crippen molar-refractivity contribution in [1.82, 2.24) is 0 Å². The molecule has 0 spiro atoms. The van der Waals surface area contributed by atoms with Crippen LogP contribution in [0.2, 0.25) is 0 Å². The number of hydrogen-bond donors (Lipinski definition) is 0. The molecule has 0 fully saturated rings. The van der Waals surface area contributed by atoms with E-state index in [0.29, 0.717) is 0 Å². The lowest BCUT2D eigenvalue weighted by Gasteiger charge is -1.97. The van der Waals surface area contributed by atoms with Crippen LogP contribution in [0.1, 0.15) is 20.8 Å². The van der Waals surface area contributed by atoms with Gasteiger partial charge in [0.25, 0.3) is 0 Å². The van der Waals surface area contributed by atoms with Gasteiger partial charge in [0.15, 0.2) is 0 Å². The molecule has 0 unspecified atom stereocenters. The summed E-state index contributed by atoms with van der Waals surface area (Å²) in [5.41, 5.74) is 0. The molecule has 0 aromatic carbocycles. The van der Waals surface area contributed by atoms with Crippen molar-refractivity contribution in [3.05, 3.63) is 12.2 Å². The van der Waals surface area contributed by atoms with Crippen LogP contribution in [0.15, 0.2) is 12.2 Å². The SMILES string of the molecule is C/C=C/CSC(C)C. The third-order valence-electron chi connectivity index (χ3n) is 0.761. The molecule has 1 heteroatoms. The summed E-state index contributed by atoms with van der Waals surface area (Å²) in [6.45, 7) is 6.49. The van der Waals surface area contributed by atoms with Crippen molar-refractivity contribution in [2.45, 2.75) is 26.0 Å². The smallest absolute Gasteiger partial charge is 0.0115 e. The van der Waals surface area contributed by atoms with Crippen molar-refractivity contribution in [1.29, 1.82) is 0 Å². The van der Waals surface area contributed by atoms with Crippen LogP contribution in [0.25, 0.3) is 0 Å². The molecular weight excluding hydrogens is 116 g/mol. The molecule has 0 aromatic heterocycles. The fourth-order valence-electron chi connectivity index (χ4n) is 0.344. The fraction of sp³-hybridized carbons (Fsp3) is 0.714. The first-order valence-electron chi connectivity index (χ1n) is 3.00. The van der Waals surface area contributed by atoms with Gasteiger partial charge in [-0.2, -0.15) is 11.8 Å². The first kappa shape index (κ1) is 8.09. The van der Waals surface area contributed by atoms with Gasteiger partial charge in [0.1, 0.15) is 0 Å². The first-order valence-corrected chi connectivity index (χ1v) is 4.05. The molecule has 0 aromatic rings. The Morgan fingerprint density at radius 1 is 1.50 bits per heavy atom. The molecule has 8 heavy (non-hydrogen) atoms. The van der Waals surface area contributed by atoms with Crippen molar-refractivity contribution in [2.75, 3.05) is 5.75 Å². The Kier molecular flexibility index (Phi) is 5.29. The highest BCUT2D eigenvalue weighted by atomic mass is 32.2. The summed E-state index contributed by atoms with van der Waals surface area (Å²) in [5, 5.41) is 0.770. The third-order valence-corrected chi connectivity index (χ3v) is 1.81. The largest absolute Gasteiger partial charge is 0.155 e.